The van der Waals surface area contributed by atoms with Crippen LogP contribution in [0.5, 0.6) is 0 Å². The molecule has 0 radical (unpaired) electrons. The van der Waals surface area contributed by atoms with Crippen molar-refractivity contribution in [1.29, 1.82) is 0 Å². The van der Waals surface area contributed by atoms with Crippen LogP contribution >= 0.6 is 0 Å². The van der Waals surface area contributed by atoms with Gasteiger partial charge < -0.3 is 9.97 Å². The quantitative estimate of drug-likeness (QED) is 0.556. The third kappa shape index (κ3) is 1.88. The fourth-order valence-electron chi connectivity index (χ4n) is 4.30. The van der Waals surface area contributed by atoms with Crippen LogP contribution < -0.4 is 0 Å². The summed E-state index contributed by atoms with van der Waals surface area (Å²) in [5.74, 6) is 0. The molecule has 0 saturated heterocycles. The molecule has 1 aliphatic heterocycles. The molecule has 120 valence electrons. The number of aromatic amines is 2. The molecule has 2 aromatic carbocycles. The minimum Gasteiger partial charge on any atom is -0.361 e. The summed E-state index contributed by atoms with van der Waals surface area (Å²) in [7, 11) is 0. The van der Waals surface area contributed by atoms with Crippen LogP contribution in [-0.2, 0) is 6.42 Å². The Morgan fingerprint density at radius 2 is 1.75 bits per heavy atom. The molecule has 0 fully saturated rings. The predicted molar refractivity (Wildman–Crippen MR) is 99.4 cm³/mol. The van der Waals surface area contributed by atoms with E-state index in [-0.39, 0.29) is 0 Å². The lowest BCUT2D eigenvalue weighted by Crippen LogP contribution is -2.35. The molecule has 0 spiro atoms. The maximum absolute atomic E-state index is 3.73. The molecule has 3 heteroatoms. The molecule has 2 aromatic heterocycles. The monoisotopic (exact) mass is 315 g/mol. The van der Waals surface area contributed by atoms with Gasteiger partial charge in [0.05, 0.1) is 6.04 Å². The molecule has 5 rings (SSSR count). The minimum atomic E-state index is 0.294. The first kappa shape index (κ1) is 13.9. The first-order valence-electron chi connectivity index (χ1n) is 8.76. The number of H-pyrrole nitrogens is 2. The predicted octanol–water partition coefficient (Wildman–Crippen LogP) is 4.62. The van der Waals surface area contributed by atoms with E-state index in [0.29, 0.717) is 6.04 Å². The fraction of sp³-hybridized carbons (Fsp3) is 0.238. The lowest BCUT2D eigenvalue weighted by atomic mass is 9.92. The van der Waals surface area contributed by atoms with Crippen molar-refractivity contribution in [2.75, 3.05) is 13.1 Å². The average Bonchev–Trinajstić information content (AvgIpc) is 3.22. The van der Waals surface area contributed by atoms with Gasteiger partial charge in [-0.05, 0) is 30.7 Å². The molecule has 0 unspecified atom stereocenters. The first-order valence-corrected chi connectivity index (χ1v) is 8.76. The Morgan fingerprint density at radius 3 is 2.58 bits per heavy atom. The number of benzene rings is 2. The third-order valence-corrected chi connectivity index (χ3v) is 5.46. The molecule has 0 aliphatic carbocycles. The van der Waals surface area contributed by atoms with Crippen LogP contribution in [0.25, 0.3) is 21.8 Å². The smallest absolute Gasteiger partial charge is 0.0778 e. The Labute approximate surface area is 141 Å². The molecule has 0 saturated carbocycles. The molecule has 0 bridgehead atoms. The highest BCUT2D eigenvalue weighted by Crippen LogP contribution is 2.40. The first-order chi connectivity index (χ1) is 11.9. The second kappa shape index (κ2) is 5.25. The topological polar surface area (TPSA) is 34.8 Å². The Kier molecular flexibility index (Phi) is 3.03. The largest absolute Gasteiger partial charge is 0.361 e. The van der Waals surface area contributed by atoms with E-state index in [1.165, 1.54) is 38.6 Å². The number of fused-ring (bicyclic) bond motifs is 4. The van der Waals surface area contributed by atoms with Crippen molar-refractivity contribution in [1.82, 2.24) is 14.9 Å². The molecule has 1 atom stereocenters. The zero-order valence-corrected chi connectivity index (χ0v) is 13.8. The number of rotatable bonds is 2. The van der Waals surface area contributed by atoms with Crippen molar-refractivity contribution in [2.45, 2.75) is 19.4 Å². The highest BCUT2D eigenvalue weighted by molar-refractivity contribution is 5.87. The van der Waals surface area contributed by atoms with Crippen molar-refractivity contribution in [2.24, 2.45) is 0 Å². The van der Waals surface area contributed by atoms with E-state index in [4.69, 9.17) is 0 Å². The van der Waals surface area contributed by atoms with Crippen LogP contribution in [0.15, 0.2) is 54.7 Å². The van der Waals surface area contributed by atoms with Gasteiger partial charge in [0.1, 0.15) is 0 Å². The summed E-state index contributed by atoms with van der Waals surface area (Å²) < 4.78 is 0. The van der Waals surface area contributed by atoms with E-state index in [9.17, 15) is 0 Å². The van der Waals surface area contributed by atoms with E-state index >= 15 is 0 Å². The number of nitrogens with zero attached hydrogens (tertiary/aromatic N) is 1. The van der Waals surface area contributed by atoms with E-state index in [1.807, 2.05) is 0 Å². The standard InChI is InChI=1S/C21H21N3/c1-2-24-12-11-16-14-7-4-6-10-19(14)23-20(16)21(24)17-13-22-18-9-5-3-8-15(17)18/h3-10,13,21-23H,2,11-12H2,1H3/t21-/m1/s1. The maximum Gasteiger partial charge on any atom is 0.0778 e. The number of hydrogen-bond donors (Lipinski definition) is 2. The Balaban J connectivity index is 1.77. The van der Waals surface area contributed by atoms with Crippen molar-refractivity contribution in [3.8, 4) is 0 Å². The Hall–Kier alpha value is -2.52. The van der Waals surface area contributed by atoms with Crippen LogP contribution in [0.1, 0.15) is 29.8 Å². The van der Waals surface area contributed by atoms with Crippen molar-refractivity contribution in [3.63, 3.8) is 0 Å². The Morgan fingerprint density at radius 1 is 1.00 bits per heavy atom. The van der Waals surface area contributed by atoms with Gasteiger partial charge in [0, 0.05) is 45.8 Å². The Bertz CT molecular complexity index is 1020. The summed E-state index contributed by atoms with van der Waals surface area (Å²) >= 11 is 0. The second-order valence-electron chi connectivity index (χ2n) is 6.63. The van der Waals surface area contributed by atoms with Gasteiger partial charge in [0.25, 0.3) is 0 Å². The van der Waals surface area contributed by atoms with Gasteiger partial charge in [-0.1, -0.05) is 43.3 Å². The van der Waals surface area contributed by atoms with Gasteiger partial charge in [0.2, 0.25) is 0 Å². The van der Waals surface area contributed by atoms with Gasteiger partial charge in [0.15, 0.2) is 0 Å². The van der Waals surface area contributed by atoms with Gasteiger partial charge in [-0.2, -0.15) is 0 Å². The second-order valence-corrected chi connectivity index (χ2v) is 6.63. The molecule has 2 N–H and O–H groups in total. The van der Waals surface area contributed by atoms with Gasteiger partial charge in [-0.15, -0.1) is 0 Å². The molecule has 4 aromatic rings. The normalized spacial score (nSPS) is 18.3. The van der Waals surface area contributed by atoms with E-state index in [0.717, 1.165) is 19.5 Å². The van der Waals surface area contributed by atoms with E-state index in [1.54, 1.807) is 0 Å². The van der Waals surface area contributed by atoms with Crippen LogP contribution in [0.3, 0.4) is 0 Å². The van der Waals surface area contributed by atoms with Gasteiger partial charge in [-0.3, -0.25) is 4.90 Å². The van der Waals surface area contributed by atoms with Crippen molar-refractivity contribution < 1.29 is 0 Å². The zero-order valence-electron chi connectivity index (χ0n) is 13.8. The summed E-state index contributed by atoms with van der Waals surface area (Å²) in [4.78, 5) is 9.76. The van der Waals surface area contributed by atoms with E-state index in [2.05, 4.69) is 76.5 Å². The summed E-state index contributed by atoms with van der Waals surface area (Å²) in [6, 6.07) is 17.6. The lowest BCUT2D eigenvalue weighted by Gasteiger charge is -2.35. The number of likely N-dealkylation sites (N-methyl/N-ethyl adjacent to an activating group) is 1. The maximum atomic E-state index is 3.73. The number of para-hydroxylation sites is 2. The minimum absolute atomic E-state index is 0.294. The number of aromatic nitrogens is 2. The lowest BCUT2D eigenvalue weighted by molar-refractivity contribution is 0.223. The molecule has 24 heavy (non-hydrogen) atoms. The van der Waals surface area contributed by atoms with E-state index < -0.39 is 0 Å². The summed E-state index contributed by atoms with van der Waals surface area (Å²) in [6.07, 6.45) is 3.31. The fourth-order valence-corrected chi connectivity index (χ4v) is 4.30. The third-order valence-electron chi connectivity index (χ3n) is 5.46. The van der Waals surface area contributed by atoms with Crippen LogP contribution in [-0.4, -0.2) is 28.0 Å². The van der Waals surface area contributed by atoms with Crippen LogP contribution in [0.4, 0.5) is 0 Å². The van der Waals surface area contributed by atoms with Crippen LogP contribution in [0.2, 0.25) is 0 Å². The molecular formula is C21H21N3. The summed E-state index contributed by atoms with van der Waals surface area (Å²) in [5, 5.41) is 2.71. The average molecular weight is 315 g/mol. The molecule has 1 aliphatic rings. The van der Waals surface area contributed by atoms with Crippen LogP contribution in [0, 0.1) is 0 Å². The van der Waals surface area contributed by atoms with Crippen molar-refractivity contribution in [3.05, 3.63) is 71.5 Å². The highest BCUT2D eigenvalue weighted by atomic mass is 15.2. The molecule has 0 amide bonds. The summed E-state index contributed by atoms with van der Waals surface area (Å²) in [5.41, 5.74) is 6.71. The molecule has 3 nitrogen and oxygen atoms in total. The number of nitrogens with one attached hydrogen (secondary N) is 2. The highest BCUT2D eigenvalue weighted by Gasteiger charge is 2.32. The van der Waals surface area contributed by atoms with Crippen molar-refractivity contribution >= 4 is 21.8 Å². The van der Waals surface area contributed by atoms with Gasteiger partial charge >= 0.3 is 0 Å². The molecule has 3 heterocycles. The zero-order chi connectivity index (χ0) is 16.1. The molecular weight excluding hydrogens is 294 g/mol. The summed E-state index contributed by atoms with van der Waals surface area (Å²) in [6.45, 7) is 4.42. The van der Waals surface area contributed by atoms with Gasteiger partial charge in [-0.25, -0.2) is 0 Å². The SMILES string of the molecule is CCN1CCc2c([nH]c3ccccc23)[C@H]1c1c[nH]c2ccccc12. The number of hydrogen-bond acceptors (Lipinski definition) is 1.